The molecule has 0 amide bonds. The lowest BCUT2D eigenvalue weighted by atomic mass is 9.90. The Kier molecular flexibility index (Phi) is 4.86. The first kappa shape index (κ1) is 14.0. The minimum atomic E-state index is 0.319. The highest BCUT2D eigenvalue weighted by molar-refractivity contribution is 6.18. The molecule has 2 rings (SSSR count). The lowest BCUT2D eigenvalue weighted by Crippen LogP contribution is -2.07. The Labute approximate surface area is 120 Å². The third-order valence-electron chi connectivity index (χ3n) is 3.47. The van der Waals surface area contributed by atoms with Crippen LogP contribution in [0.1, 0.15) is 22.6 Å². The van der Waals surface area contributed by atoms with Gasteiger partial charge in [0.15, 0.2) is 0 Å². The molecule has 0 aromatic heterocycles. The van der Waals surface area contributed by atoms with Gasteiger partial charge in [0.2, 0.25) is 0 Å². The van der Waals surface area contributed by atoms with E-state index in [0.29, 0.717) is 11.8 Å². The Morgan fingerprint density at radius 1 is 1.05 bits per heavy atom. The summed E-state index contributed by atoms with van der Waals surface area (Å²) in [6, 6.07) is 16.6. The van der Waals surface area contributed by atoms with Gasteiger partial charge in [0.25, 0.3) is 0 Å². The van der Waals surface area contributed by atoms with Gasteiger partial charge in [-0.1, -0.05) is 42.5 Å². The van der Waals surface area contributed by atoms with E-state index in [4.69, 9.17) is 16.3 Å². The fourth-order valence-electron chi connectivity index (χ4n) is 2.43. The summed E-state index contributed by atoms with van der Waals surface area (Å²) >= 11 is 6.18. The summed E-state index contributed by atoms with van der Waals surface area (Å²) in [4.78, 5) is 0. The van der Waals surface area contributed by atoms with Crippen LogP contribution in [-0.2, 0) is 6.42 Å². The Morgan fingerprint density at radius 2 is 1.74 bits per heavy atom. The van der Waals surface area contributed by atoms with Gasteiger partial charge >= 0.3 is 0 Å². The Balaban J connectivity index is 2.27. The molecule has 0 bridgehead atoms. The molecule has 0 N–H and O–H groups in total. The van der Waals surface area contributed by atoms with Crippen molar-refractivity contribution in [3.05, 3.63) is 65.2 Å². The number of hydrogen-bond acceptors (Lipinski definition) is 1. The molecular formula is C17H19ClO. The number of rotatable bonds is 5. The SMILES string of the molecule is COc1ccccc1CC(CCl)c1ccccc1C. The maximum Gasteiger partial charge on any atom is 0.122 e. The maximum absolute atomic E-state index is 6.18. The summed E-state index contributed by atoms with van der Waals surface area (Å²) in [7, 11) is 1.71. The minimum Gasteiger partial charge on any atom is -0.496 e. The fourth-order valence-corrected chi connectivity index (χ4v) is 2.70. The molecule has 2 heteroatoms. The summed E-state index contributed by atoms with van der Waals surface area (Å²) < 4.78 is 5.41. The van der Waals surface area contributed by atoms with Gasteiger partial charge in [0, 0.05) is 11.8 Å². The highest BCUT2D eigenvalue weighted by atomic mass is 35.5. The van der Waals surface area contributed by atoms with Crippen molar-refractivity contribution >= 4 is 11.6 Å². The van der Waals surface area contributed by atoms with Crippen LogP contribution >= 0.6 is 11.6 Å². The van der Waals surface area contributed by atoms with Gasteiger partial charge < -0.3 is 4.74 Å². The zero-order valence-corrected chi connectivity index (χ0v) is 12.2. The van der Waals surface area contributed by atoms with Gasteiger partial charge in [-0.2, -0.15) is 0 Å². The van der Waals surface area contributed by atoms with E-state index >= 15 is 0 Å². The number of methoxy groups -OCH3 is 1. The predicted octanol–water partition coefficient (Wildman–Crippen LogP) is 4.57. The molecule has 0 aliphatic rings. The number of benzene rings is 2. The van der Waals surface area contributed by atoms with Gasteiger partial charge in [-0.3, -0.25) is 0 Å². The third kappa shape index (κ3) is 3.30. The van der Waals surface area contributed by atoms with Gasteiger partial charge in [-0.15, -0.1) is 11.6 Å². The molecule has 0 heterocycles. The quantitative estimate of drug-likeness (QED) is 0.726. The van der Waals surface area contributed by atoms with Crippen LogP contribution in [0, 0.1) is 6.92 Å². The number of halogens is 1. The van der Waals surface area contributed by atoms with E-state index in [1.807, 2.05) is 18.2 Å². The number of aryl methyl sites for hydroxylation is 1. The molecule has 1 nitrogen and oxygen atoms in total. The average Bonchev–Trinajstić information content (AvgIpc) is 2.46. The highest BCUT2D eigenvalue weighted by Crippen LogP contribution is 2.29. The minimum absolute atomic E-state index is 0.319. The standard InChI is InChI=1S/C17H19ClO/c1-13-7-3-5-9-16(13)15(12-18)11-14-8-4-6-10-17(14)19-2/h3-10,15H,11-12H2,1-2H3. The lowest BCUT2D eigenvalue weighted by molar-refractivity contribution is 0.408. The summed E-state index contributed by atoms with van der Waals surface area (Å²) in [6.45, 7) is 2.14. The zero-order valence-electron chi connectivity index (χ0n) is 11.4. The second-order valence-electron chi connectivity index (χ2n) is 4.72. The van der Waals surface area contributed by atoms with Crippen LogP contribution in [0.5, 0.6) is 5.75 Å². The van der Waals surface area contributed by atoms with Crippen LogP contribution in [0.4, 0.5) is 0 Å². The molecule has 2 aromatic carbocycles. The summed E-state index contributed by atoms with van der Waals surface area (Å²) in [5.41, 5.74) is 3.82. The number of para-hydroxylation sites is 1. The molecule has 0 saturated carbocycles. The van der Waals surface area contributed by atoms with Crippen molar-refractivity contribution in [2.75, 3.05) is 13.0 Å². The number of alkyl halides is 1. The molecule has 0 fully saturated rings. The van der Waals surface area contributed by atoms with E-state index < -0.39 is 0 Å². The maximum atomic E-state index is 6.18. The van der Waals surface area contributed by atoms with E-state index in [1.54, 1.807) is 7.11 Å². The molecule has 2 aromatic rings. The number of ether oxygens (including phenoxy) is 1. The average molecular weight is 275 g/mol. The van der Waals surface area contributed by atoms with Crippen molar-refractivity contribution in [3.8, 4) is 5.75 Å². The van der Waals surface area contributed by atoms with Crippen LogP contribution in [0.3, 0.4) is 0 Å². The summed E-state index contributed by atoms with van der Waals surface area (Å²) in [5, 5.41) is 0. The van der Waals surface area contributed by atoms with Gasteiger partial charge in [-0.05, 0) is 36.1 Å². The van der Waals surface area contributed by atoms with Crippen LogP contribution in [0.25, 0.3) is 0 Å². The van der Waals surface area contributed by atoms with Crippen LogP contribution in [0.2, 0.25) is 0 Å². The second-order valence-corrected chi connectivity index (χ2v) is 5.03. The first-order valence-electron chi connectivity index (χ1n) is 6.49. The molecule has 0 aliphatic carbocycles. The van der Waals surface area contributed by atoms with Crippen LogP contribution in [0.15, 0.2) is 48.5 Å². The van der Waals surface area contributed by atoms with Gasteiger partial charge in [0.05, 0.1) is 7.11 Å². The fraction of sp³-hybridized carbons (Fsp3) is 0.294. The lowest BCUT2D eigenvalue weighted by Gasteiger charge is -2.18. The first-order valence-corrected chi connectivity index (χ1v) is 7.03. The van der Waals surface area contributed by atoms with E-state index in [1.165, 1.54) is 16.7 Å². The van der Waals surface area contributed by atoms with Crippen molar-refractivity contribution in [2.45, 2.75) is 19.3 Å². The topological polar surface area (TPSA) is 9.23 Å². The van der Waals surface area contributed by atoms with Gasteiger partial charge in [0.1, 0.15) is 5.75 Å². The smallest absolute Gasteiger partial charge is 0.122 e. The predicted molar refractivity (Wildman–Crippen MR) is 81.3 cm³/mol. The van der Waals surface area contributed by atoms with Crippen molar-refractivity contribution < 1.29 is 4.74 Å². The first-order chi connectivity index (χ1) is 9.26. The Hall–Kier alpha value is -1.47. The molecule has 0 saturated heterocycles. The largest absolute Gasteiger partial charge is 0.496 e. The Morgan fingerprint density at radius 3 is 2.42 bits per heavy atom. The molecule has 1 atom stereocenters. The zero-order chi connectivity index (χ0) is 13.7. The van der Waals surface area contributed by atoms with Crippen molar-refractivity contribution in [2.24, 2.45) is 0 Å². The molecule has 0 radical (unpaired) electrons. The molecule has 0 spiro atoms. The van der Waals surface area contributed by atoms with Crippen LogP contribution < -0.4 is 4.74 Å². The van der Waals surface area contributed by atoms with E-state index in [0.717, 1.165) is 12.2 Å². The van der Waals surface area contributed by atoms with Crippen molar-refractivity contribution in [1.82, 2.24) is 0 Å². The van der Waals surface area contributed by atoms with Crippen molar-refractivity contribution in [1.29, 1.82) is 0 Å². The van der Waals surface area contributed by atoms with Gasteiger partial charge in [-0.25, -0.2) is 0 Å². The Bertz CT molecular complexity index is 536. The van der Waals surface area contributed by atoms with E-state index in [-0.39, 0.29) is 0 Å². The number of hydrogen-bond donors (Lipinski definition) is 0. The monoisotopic (exact) mass is 274 g/mol. The van der Waals surface area contributed by atoms with Crippen LogP contribution in [-0.4, -0.2) is 13.0 Å². The third-order valence-corrected chi connectivity index (χ3v) is 3.85. The van der Waals surface area contributed by atoms with Crippen molar-refractivity contribution in [3.63, 3.8) is 0 Å². The molecule has 1 unspecified atom stereocenters. The molecule has 100 valence electrons. The second kappa shape index (κ2) is 6.63. The van der Waals surface area contributed by atoms with E-state index in [2.05, 4.69) is 37.3 Å². The normalized spacial score (nSPS) is 12.2. The van der Waals surface area contributed by atoms with E-state index in [9.17, 15) is 0 Å². The highest BCUT2D eigenvalue weighted by Gasteiger charge is 2.15. The summed E-state index contributed by atoms with van der Waals surface area (Å²) in [5.74, 6) is 1.87. The molecular weight excluding hydrogens is 256 g/mol. The molecule has 19 heavy (non-hydrogen) atoms. The molecule has 0 aliphatic heterocycles. The summed E-state index contributed by atoms with van der Waals surface area (Å²) in [6.07, 6.45) is 0.901.